The normalized spacial score (nSPS) is 15.5. The maximum Gasteiger partial charge on any atom is 0.374 e. The first-order valence-electron chi connectivity index (χ1n) is 16.0. The molecule has 6 rings (SSSR count). The van der Waals surface area contributed by atoms with Crippen molar-refractivity contribution in [3.05, 3.63) is 113 Å². The number of aliphatic hydroxyl groups is 1. The number of furan rings is 2. The SMILES string of the molecule is CCOC(=O)c1ccc(S(C)(=O)=O)o1.CS(=O)(=O)c1ccc(/C(O)=C2\CCN(Cc3ccccc3)C2=O)o1.O=C1CCCN1Cc1ccccc1. The van der Waals surface area contributed by atoms with Gasteiger partial charge in [0.1, 0.15) is 0 Å². The van der Waals surface area contributed by atoms with Crippen LogP contribution in [-0.4, -0.2) is 81.7 Å². The second-order valence-corrected chi connectivity index (χ2v) is 15.6. The average molecular weight is 741 g/mol. The molecule has 4 heterocycles. The number of amides is 2. The first-order valence-corrected chi connectivity index (χ1v) is 19.8. The van der Waals surface area contributed by atoms with Crippen LogP contribution in [0.1, 0.15) is 53.6 Å². The van der Waals surface area contributed by atoms with Gasteiger partial charge in [-0.1, -0.05) is 60.7 Å². The Kier molecular flexibility index (Phi) is 13.0. The molecular formula is C36H40N2O11S2. The first kappa shape index (κ1) is 38.6. The zero-order valence-corrected chi connectivity index (χ0v) is 30.1. The van der Waals surface area contributed by atoms with Crippen LogP contribution >= 0.6 is 0 Å². The third-order valence-electron chi connectivity index (χ3n) is 7.67. The second-order valence-electron chi connectivity index (χ2n) is 11.7. The molecular weight excluding hydrogens is 701 g/mol. The molecule has 2 fully saturated rings. The Hall–Kier alpha value is -5.15. The Morgan fingerprint density at radius 2 is 1.24 bits per heavy atom. The van der Waals surface area contributed by atoms with E-state index < -0.39 is 25.6 Å². The van der Waals surface area contributed by atoms with E-state index in [-0.39, 0.29) is 45.6 Å². The molecule has 0 bridgehead atoms. The predicted molar refractivity (Wildman–Crippen MR) is 187 cm³/mol. The average Bonchev–Trinajstić information content (AvgIpc) is 3.91. The lowest BCUT2D eigenvalue weighted by molar-refractivity contribution is -0.128. The quantitative estimate of drug-likeness (QED) is 0.138. The summed E-state index contributed by atoms with van der Waals surface area (Å²) in [4.78, 5) is 38.4. The zero-order chi connectivity index (χ0) is 37.2. The summed E-state index contributed by atoms with van der Waals surface area (Å²) >= 11 is 0. The van der Waals surface area contributed by atoms with Crippen molar-refractivity contribution in [3.8, 4) is 0 Å². The summed E-state index contributed by atoms with van der Waals surface area (Å²) in [5.74, 6) is -1.06. The highest BCUT2D eigenvalue weighted by atomic mass is 32.2. The van der Waals surface area contributed by atoms with Crippen molar-refractivity contribution in [2.75, 3.05) is 32.2 Å². The summed E-state index contributed by atoms with van der Waals surface area (Å²) < 4.78 is 59.4. The van der Waals surface area contributed by atoms with Crippen LogP contribution in [0.3, 0.4) is 0 Å². The number of hydrogen-bond donors (Lipinski definition) is 1. The lowest BCUT2D eigenvalue weighted by atomic mass is 10.1. The number of benzene rings is 2. The number of ether oxygens (including phenoxy) is 1. The van der Waals surface area contributed by atoms with Crippen LogP contribution in [0.15, 0.2) is 110 Å². The number of aliphatic hydroxyl groups excluding tert-OH is 1. The number of hydrogen-bond acceptors (Lipinski definition) is 11. The molecule has 2 aliphatic rings. The molecule has 0 unspecified atom stereocenters. The largest absolute Gasteiger partial charge is 0.504 e. The van der Waals surface area contributed by atoms with Crippen molar-refractivity contribution in [2.45, 2.75) is 49.5 Å². The summed E-state index contributed by atoms with van der Waals surface area (Å²) in [6.45, 7) is 4.52. The topological polar surface area (TPSA) is 182 Å². The van der Waals surface area contributed by atoms with Crippen LogP contribution in [0, 0.1) is 0 Å². The van der Waals surface area contributed by atoms with Gasteiger partial charge in [0.25, 0.3) is 5.91 Å². The van der Waals surface area contributed by atoms with E-state index in [2.05, 4.69) is 16.9 Å². The van der Waals surface area contributed by atoms with Crippen LogP contribution in [0.5, 0.6) is 0 Å². The molecule has 13 nitrogen and oxygen atoms in total. The Bertz CT molecular complexity index is 2070. The van der Waals surface area contributed by atoms with E-state index in [1.807, 2.05) is 53.4 Å². The van der Waals surface area contributed by atoms with Gasteiger partial charge in [0.05, 0.1) is 12.2 Å². The molecule has 1 N–H and O–H groups in total. The number of sulfone groups is 2. The Balaban J connectivity index is 0.000000185. The fourth-order valence-electron chi connectivity index (χ4n) is 5.12. The lowest BCUT2D eigenvalue weighted by Gasteiger charge is -2.15. The van der Waals surface area contributed by atoms with Gasteiger partial charge in [0, 0.05) is 45.1 Å². The van der Waals surface area contributed by atoms with Crippen LogP contribution in [0.25, 0.3) is 5.76 Å². The number of likely N-dealkylation sites (tertiary alicyclic amines) is 2. The molecule has 2 saturated heterocycles. The number of carbonyl (C=O) groups excluding carboxylic acids is 3. The summed E-state index contributed by atoms with van der Waals surface area (Å²) in [7, 11) is -6.90. The van der Waals surface area contributed by atoms with E-state index in [0.717, 1.165) is 44.0 Å². The van der Waals surface area contributed by atoms with Gasteiger partial charge in [-0.15, -0.1) is 0 Å². The fourth-order valence-corrected chi connectivity index (χ4v) is 6.24. The monoisotopic (exact) mass is 740 g/mol. The Labute approximate surface area is 297 Å². The fraction of sp³-hybridized carbons (Fsp3) is 0.306. The third-order valence-corrected chi connectivity index (χ3v) is 9.57. The molecule has 2 aliphatic heterocycles. The third kappa shape index (κ3) is 10.9. The molecule has 4 aromatic rings. The predicted octanol–water partition coefficient (Wildman–Crippen LogP) is 5.05. The minimum absolute atomic E-state index is 0.0136. The van der Waals surface area contributed by atoms with Crippen LogP contribution in [0.2, 0.25) is 0 Å². The minimum atomic E-state index is -3.50. The molecule has 0 atom stereocenters. The van der Waals surface area contributed by atoms with Crippen LogP contribution in [0.4, 0.5) is 0 Å². The van der Waals surface area contributed by atoms with Crippen molar-refractivity contribution in [3.63, 3.8) is 0 Å². The van der Waals surface area contributed by atoms with Crippen molar-refractivity contribution in [1.29, 1.82) is 0 Å². The molecule has 51 heavy (non-hydrogen) atoms. The summed E-state index contributed by atoms with van der Waals surface area (Å²) in [6, 6.07) is 24.8. The molecule has 2 aromatic heterocycles. The molecule has 15 heteroatoms. The van der Waals surface area contributed by atoms with Crippen LogP contribution < -0.4 is 0 Å². The maximum atomic E-state index is 12.5. The minimum Gasteiger partial charge on any atom is -0.504 e. The van der Waals surface area contributed by atoms with Crippen LogP contribution in [-0.2, 0) is 47.1 Å². The van der Waals surface area contributed by atoms with Gasteiger partial charge in [-0.05, 0) is 55.2 Å². The van der Waals surface area contributed by atoms with E-state index >= 15 is 0 Å². The Morgan fingerprint density at radius 3 is 1.71 bits per heavy atom. The zero-order valence-electron chi connectivity index (χ0n) is 28.5. The molecule has 0 radical (unpaired) electrons. The summed E-state index contributed by atoms with van der Waals surface area (Å²) in [5.41, 5.74) is 2.46. The lowest BCUT2D eigenvalue weighted by Crippen LogP contribution is -2.24. The van der Waals surface area contributed by atoms with Gasteiger partial charge in [-0.3, -0.25) is 9.59 Å². The Morgan fingerprint density at radius 1 is 0.725 bits per heavy atom. The van der Waals surface area contributed by atoms with Crippen molar-refractivity contribution < 1.29 is 49.9 Å². The number of carbonyl (C=O) groups is 3. The highest BCUT2D eigenvalue weighted by Crippen LogP contribution is 2.28. The second kappa shape index (κ2) is 17.2. The highest BCUT2D eigenvalue weighted by Gasteiger charge is 2.31. The highest BCUT2D eigenvalue weighted by molar-refractivity contribution is 7.90. The summed E-state index contributed by atoms with van der Waals surface area (Å²) in [6.07, 6.45) is 4.15. The van der Waals surface area contributed by atoms with Gasteiger partial charge < -0.3 is 28.5 Å². The maximum absolute atomic E-state index is 12.5. The van der Waals surface area contributed by atoms with E-state index in [4.69, 9.17) is 8.83 Å². The smallest absolute Gasteiger partial charge is 0.374 e. The molecule has 0 saturated carbocycles. The van der Waals surface area contributed by atoms with E-state index in [0.29, 0.717) is 25.4 Å². The van der Waals surface area contributed by atoms with E-state index in [1.54, 1.807) is 11.8 Å². The molecule has 0 aliphatic carbocycles. The van der Waals surface area contributed by atoms with Crippen molar-refractivity contribution >= 4 is 43.2 Å². The van der Waals surface area contributed by atoms with E-state index in [1.165, 1.54) is 29.8 Å². The molecule has 2 aromatic carbocycles. The number of rotatable bonds is 9. The van der Waals surface area contributed by atoms with Crippen molar-refractivity contribution in [1.82, 2.24) is 9.80 Å². The number of nitrogens with zero attached hydrogens (tertiary/aromatic N) is 2. The van der Waals surface area contributed by atoms with Gasteiger partial charge in [-0.2, -0.15) is 0 Å². The summed E-state index contributed by atoms with van der Waals surface area (Å²) in [5, 5.41) is 9.82. The van der Waals surface area contributed by atoms with Gasteiger partial charge in [0.15, 0.2) is 11.5 Å². The molecule has 272 valence electrons. The van der Waals surface area contributed by atoms with Crippen molar-refractivity contribution in [2.24, 2.45) is 0 Å². The van der Waals surface area contributed by atoms with E-state index in [9.17, 15) is 36.3 Å². The first-order chi connectivity index (χ1) is 24.2. The standard InChI is InChI=1S/C17H17NO5S.C11H13NO.C8H10O5S/c1-24(21,22)15-8-7-14(23-15)16(19)13-9-10-18(17(13)20)11-12-5-3-2-4-6-12;13-11-7-4-8-12(11)9-10-5-2-1-3-6-10;1-3-12-8(9)6-4-5-7(13-6)14(2,10)11/h2-8,19H,9-11H2,1H3;1-3,5-6H,4,7-9H2;4-5H,3H2,1-2H3/b16-13-;;. The molecule has 0 spiro atoms. The van der Waals surface area contributed by atoms with Gasteiger partial charge in [-0.25, -0.2) is 21.6 Å². The molecule has 2 amide bonds. The number of esters is 1. The van der Waals surface area contributed by atoms with Gasteiger partial charge in [0.2, 0.25) is 41.5 Å². The van der Waals surface area contributed by atoms with Gasteiger partial charge >= 0.3 is 5.97 Å².